The van der Waals surface area contributed by atoms with Gasteiger partial charge >= 0.3 is 0 Å². The van der Waals surface area contributed by atoms with Crippen LogP contribution in [0.1, 0.15) is 12.5 Å². The van der Waals surface area contributed by atoms with Crippen molar-refractivity contribution in [2.75, 3.05) is 6.61 Å². The second-order valence-electron chi connectivity index (χ2n) is 3.37. The largest absolute Gasteiger partial charge is 0.371 e. The SMILES string of the molecule is C[C@@H](OCc1ccccc1)[C@@H]1CO1. The Morgan fingerprint density at radius 3 is 2.77 bits per heavy atom. The highest BCUT2D eigenvalue weighted by Crippen LogP contribution is 2.17. The average molecular weight is 178 g/mol. The first-order valence-electron chi connectivity index (χ1n) is 4.63. The van der Waals surface area contributed by atoms with Crippen molar-refractivity contribution in [2.45, 2.75) is 25.7 Å². The first kappa shape index (κ1) is 8.73. The Labute approximate surface area is 78.5 Å². The molecule has 2 rings (SSSR count). The van der Waals surface area contributed by atoms with Crippen LogP contribution in [0.3, 0.4) is 0 Å². The maximum Gasteiger partial charge on any atom is 0.107 e. The molecule has 0 spiro atoms. The lowest BCUT2D eigenvalue weighted by atomic mass is 10.2. The van der Waals surface area contributed by atoms with Gasteiger partial charge in [-0.1, -0.05) is 30.3 Å². The molecular weight excluding hydrogens is 164 g/mol. The van der Waals surface area contributed by atoms with Crippen LogP contribution in [0.5, 0.6) is 0 Å². The smallest absolute Gasteiger partial charge is 0.107 e. The predicted octanol–water partition coefficient (Wildman–Crippen LogP) is 1.99. The molecule has 0 saturated carbocycles. The summed E-state index contributed by atoms with van der Waals surface area (Å²) in [5.41, 5.74) is 1.22. The Kier molecular flexibility index (Phi) is 2.62. The minimum absolute atomic E-state index is 0.222. The standard InChI is InChI=1S/C11H14O2/c1-9(11-8-13-11)12-7-10-5-3-2-4-6-10/h2-6,9,11H,7-8H2,1H3/t9-,11+/m1/s1. The molecule has 2 nitrogen and oxygen atoms in total. The van der Waals surface area contributed by atoms with Crippen LogP contribution >= 0.6 is 0 Å². The molecule has 1 saturated heterocycles. The molecule has 0 amide bonds. The van der Waals surface area contributed by atoms with E-state index in [1.165, 1.54) is 5.56 Å². The fourth-order valence-electron chi connectivity index (χ4n) is 1.24. The predicted molar refractivity (Wildman–Crippen MR) is 50.4 cm³/mol. The molecular formula is C11H14O2. The van der Waals surface area contributed by atoms with Crippen molar-refractivity contribution < 1.29 is 9.47 Å². The fraction of sp³-hybridized carbons (Fsp3) is 0.455. The zero-order chi connectivity index (χ0) is 9.10. The molecule has 1 aromatic carbocycles. The molecule has 1 aromatic rings. The van der Waals surface area contributed by atoms with Gasteiger partial charge in [-0.2, -0.15) is 0 Å². The number of hydrogen-bond acceptors (Lipinski definition) is 2. The number of rotatable bonds is 4. The molecule has 0 bridgehead atoms. The van der Waals surface area contributed by atoms with Crippen molar-refractivity contribution in [3.05, 3.63) is 35.9 Å². The first-order chi connectivity index (χ1) is 6.36. The third-order valence-electron chi connectivity index (χ3n) is 2.24. The molecule has 1 heterocycles. The summed E-state index contributed by atoms with van der Waals surface area (Å²) in [4.78, 5) is 0. The lowest BCUT2D eigenvalue weighted by Gasteiger charge is -2.09. The van der Waals surface area contributed by atoms with Gasteiger partial charge in [0.2, 0.25) is 0 Å². The summed E-state index contributed by atoms with van der Waals surface area (Å²) < 4.78 is 10.8. The molecule has 0 unspecified atom stereocenters. The molecule has 0 radical (unpaired) electrons. The highest BCUT2D eigenvalue weighted by atomic mass is 16.6. The number of benzene rings is 1. The summed E-state index contributed by atoms with van der Waals surface area (Å²) in [6.07, 6.45) is 0.559. The van der Waals surface area contributed by atoms with E-state index in [2.05, 4.69) is 19.1 Å². The van der Waals surface area contributed by atoms with E-state index in [-0.39, 0.29) is 6.10 Å². The molecule has 0 N–H and O–H groups in total. The van der Waals surface area contributed by atoms with Gasteiger partial charge < -0.3 is 9.47 Å². The minimum atomic E-state index is 0.222. The van der Waals surface area contributed by atoms with Crippen molar-refractivity contribution in [3.8, 4) is 0 Å². The Hall–Kier alpha value is -0.860. The number of epoxide rings is 1. The number of hydrogen-bond donors (Lipinski definition) is 0. The first-order valence-corrected chi connectivity index (χ1v) is 4.63. The van der Waals surface area contributed by atoms with Gasteiger partial charge in [-0.15, -0.1) is 0 Å². The summed E-state index contributed by atoms with van der Waals surface area (Å²) in [6.45, 7) is 3.60. The molecule has 0 aromatic heterocycles. The fourth-order valence-corrected chi connectivity index (χ4v) is 1.24. The molecule has 13 heavy (non-hydrogen) atoms. The van der Waals surface area contributed by atoms with Gasteiger partial charge in [0.1, 0.15) is 6.10 Å². The van der Waals surface area contributed by atoms with Gasteiger partial charge in [-0.05, 0) is 12.5 Å². The molecule has 2 atom stereocenters. The molecule has 0 aliphatic carbocycles. The maximum atomic E-state index is 5.63. The third-order valence-corrected chi connectivity index (χ3v) is 2.24. The van der Waals surface area contributed by atoms with Crippen LogP contribution in [0.2, 0.25) is 0 Å². The van der Waals surface area contributed by atoms with E-state index in [1.54, 1.807) is 0 Å². The molecule has 1 fully saturated rings. The average Bonchev–Trinajstić information content (AvgIpc) is 2.99. The molecule has 1 aliphatic rings. The van der Waals surface area contributed by atoms with Crippen molar-refractivity contribution >= 4 is 0 Å². The van der Waals surface area contributed by atoms with Crippen LogP contribution in [0.25, 0.3) is 0 Å². The Bertz CT molecular complexity index is 254. The van der Waals surface area contributed by atoms with Crippen molar-refractivity contribution in [3.63, 3.8) is 0 Å². The normalized spacial score (nSPS) is 22.7. The zero-order valence-corrected chi connectivity index (χ0v) is 7.77. The lowest BCUT2D eigenvalue weighted by Crippen LogP contribution is -2.14. The van der Waals surface area contributed by atoms with Gasteiger partial charge in [0.25, 0.3) is 0 Å². The monoisotopic (exact) mass is 178 g/mol. The van der Waals surface area contributed by atoms with Crippen molar-refractivity contribution in [1.82, 2.24) is 0 Å². The van der Waals surface area contributed by atoms with E-state index >= 15 is 0 Å². The molecule has 70 valence electrons. The quantitative estimate of drug-likeness (QED) is 0.658. The van der Waals surface area contributed by atoms with Crippen LogP contribution in [0.4, 0.5) is 0 Å². The van der Waals surface area contributed by atoms with Gasteiger partial charge in [-0.3, -0.25) is 0 Å². The summed E-state index contributed by atoms with van der Waals surface area (Å²) in [6, 6.07) is 10.2. The second-order valence-corrected chi connectivity index (χ2v) is 3.37. The highest BCUT2D eigenvalue weighted by Gasteiger charge is 2.29. The van der Waals surface area contributed by atoms with Gasteiger partial charge in [-0.25, -0.2) is 0 Å². The summed E-state index contributed by atoms with van der Waals surface area (Å²) >= 11 is 0. The van der Waals surface area contributed by atoms with Gasteiger partial charge in [0.15, 0.2) is 0 Å². The summed E-state index contributed by atoms with van der Waals surface area (Å²) in [5, 5.41) is 0. The maximum absolute atomic E-state index is 5.63. The number of ether oxygens (including phenoxy) is 2. The van der Waals surface area contributed by atoms with E-state index in [1.807, 2.05) is 18.2 Å². The van der Waals surface area contributed by atoms with Crippen LogP contribution in [0.15, 0.2) is 30.3 Å². The van der Waals surface area contributed by atoms with Crippen LogP contribution in [-0.2, 0) is 16.1 Å². The second kappa shape index (κ2) is 3.90. The van der Waals surface area contributed by atoms with E-state index in [4.69, 9.17) is 9.47 Å². The van der Waals surface area contributed by atoms with E-state index < -0.39 is 0 Å². The molecule has 1 aliphatic heterocycles. The Morgan fingerprint density at radius 2 is 2.15 bits per heavy atom. The minimum Gasteiger partial charge on any atom is -0.371 e. The van der Waals surface area contributed by atoms with Gasteiger partial charge in [0.05, 0.1) is 19.3 Å². The Morgan fingerprint density at radius 1 is 1.46 bits per heavy atom. The van der Waals surface area contributed by atoms with E-state index in [0.29, 0.717) is 12.7 Å². The lowest BCUT2D eigenvalue weighted by molar-refractivity contribution is 0.0340. The van der Waals surface area contributed by atoms with Crippen LogP contribution in [-0.4, -0.2) is 18.8 Å². The zero-order valence-electron chi connectivity index (χ0n) is 7.77. The summed E-state index contributed by atoms with van der Waals surface area (Å²) in [5.74, 6) is 0. The molecule has 2 heteroatoms. The van der Waals surface area contributed by atoms with Gasteiger partial charge in [0, 0.05) is 0 Å². The van der Waals surface area contributed by atoms with Crippen LogP contribution < -0.4 is 0 Å². The third kappa shape index (κ3) is 2.54. The van der Waals surface area contributed by atoms with E-state index in [9.17, 15) is 0 Å². The van der Waals surface area contributed by atoms with Crippen molar-refractivity contribution in [1.29, 1.82) is 0 Å². The van der Waals surface area contributed by atoms with E-state index in [0.717, 1.165) is 6.61 Å². The topological polar surface area (TPSA) is 21.8 Å². The van der Waals surface area contributed by atoms with Crippen LogP contribution in [0, 0.1) is 0 Å². The Balaban J connectivity index is 1.78. The highest BCUT2D eigenvalue weighted by molar-refractivity contribution is 5.13. The van der Waals surface area contributed by atoms with Crippen molar-refractivity contribution in [2.24, 2.45) is 0 Å². The summed E-state index contributed by atoms with van der Waals surface area (Å²) in [7, 11) is 0.